The van der Waals surface area contributed by atoms with Crippen LogP contribution in [-0.2, 0) is 10.2 Å². The van der Waals surface area contributed by atoms with Gasteiger partial charge in [-0.15, -0.1) is 0 Å². The molecule has 2 N–H and O–H groups in total. The molecule has 2 fully saturated rings. The van der Waals surface area contributed by atoms with Gasteiger partial charge in [-0.05, 0) is 55.5 Å². The Morgan fingerprint density at radius 1 is 1.41 bits per heavy atom. The lowest BCUT2D eigenvalue weighted by atomic mass is 9.84. The molecular weight excluding hydrogens is 296 g/mol. The third kappa shape index (κ3) is 3.16. The minimum absolute atomic E-state index is 0.114. The van der Waals surface area contributed by atoms with E-state index in [2.05, 4.69) is 30.5 Å². The van der Waals surface area contributed by atoms with Gasteiger partial charge in [-0.25, -0.2) is 0 Å². The van der Waals surface area contributed by atoms with Crippen molar-refractivity contribution >= 4 is 17.5 Å². The van der Waals surface area contributed by atoms with Crippen LogP contribution in [0.25, 0.3) is 0 Å². The maximum atomic E-state index is 12.5. The Kier molecular flexibility index (Phi) is 4.21. The molecule has 0 bridgehead atoms. The highest BCUT2D eigenvalue weighted by atomic mass is 35.5. The molecule has 1 atom stereocenters. The van der Waals surface area contributed by atoms with Crippen LogP contribution in [0.3, 0.4) is 0 Å². The van der Waals surface area contributed by atoms with Gasteiger partial charge < -0.3 is 10.6 Å². The Balaban J connectivity index is 1.57. The second-order valence-electron chi connectivity index (χ2n) is 7.48. The van der Waals surface area contributed by atoms with Crippen molar-refractivity contribution in [1.29, 1.82) is 0 Å². The highest BCUT2D eigenvalue weighted by Crippen LogP contribution is 2.58. The molecule has 1 aliphatic heterocycles. The molecule has 1 aromatic rings. The molecule has 1 aliphatic carbocycles. The van der Waals surface area contributed by atoms with Gasteiger partial charge in [0, 0.05) is 22.9 Å². The second kappa shape index (κ2) is 5.86. The summed E-state index contributed by atoms with van der Waals surface area (Å²) in [5, 5.41) is 7.29. The van der Waals surface area contributed by atoms with Crippen molar-refractivity contribution in [2.24, 2.45) is 11.3 Å². The smallest absolute Gasteiger partial charge is 0.223 e. The summed E-state index contributed by atoms with van der Waals surface area (Å²) in [6.07, 6.45) is 3.35. The molecule has 1 spiro atoms. The van der Waals surface area contributed by atoms with Gasteiger partial charge in [0.25, 0.3) is 0 Å². The number of hydrogen-bond donors (Lipinski definition) is 2. The molecule has 3 rings (SSSR count). The largest absolute Gasteiger partial charge is 0.355 e. The molecule has 4 heteroatoms. The van der Waals surface area contributed by atoms with E-state index < -0.39 is 0 Å². The number of halogens is 1. The van der Waals surface area contributed by atoms with Crippen molar-refractivity contribution in [3.63, 3.8) is 0 Å². The Labute approximate surface area is 137 Å². The topological polar surface area (TPSA) is 41.1 Å². The van der Waals surface area contributed by atoms with Crippen molar-refractivity contribution in [3.8, 4) is 0 Å². The second-order valence-corrected chi connectivity index (χ2v) is 7.92. The first-order valence-electron chi connectivity index (χ1n) is 8.17. The summed E-state index contributed by atoms with van der Waals surface area (Å²) in [5.74, 6) is 0.460. The number of amides is 1. The molecule has 1 saturated carbocycles. The average molecular weight is 321 g/mol. The summed E-state index contributed by atoms with van der Waals surface area (Å²) in [4.78, 5) is 12.5. The van der Waals surface area contributed by atoms with Gasteiger partial charge in [0.15, 0.2) is 0 Å². The van der Waals surface area contributed by atoms with Crippen LogP contribution in [0.5, 0.6) is 0 Å². The number of piperidine rings is 1. The molecule has 0 aromatic heterocycles. The van der Waals surface area contributed by atoms with E-state index in [4.69, 9.17) is 11.6 Å². The van der Waals surface area contributed by atoms with E-state index in [1.54, 1.807) is 0 Å². The quantitative estimate of drug-likeness (QED) is 0.895. The van der Waals surface area contributed by atoms with E-state index in [9.17, 15) is 4.79 Å². The molecule has 1 amide bonds. The molecule has 22 heavy (non-hydrogen) atoms. The van der Waals surface area contributed by atoms with E-state index in [0.717, 1.165) is 42.9 Å². The predicted octanol–water partition coefficient (Wildman–Crippen LogP) is 3.12. The normalized spacial score (nSPS) is 23.3. The number of nitrogens with one attached hydrogen (secondary N) is 2. The number of carbonyl (C=O) groups is 1. The molecule has 2 aliphatic rings. The first-order chi connectivity index (χ1) is 10.4. The maximum absolute atomic E-state index is 12.5. The molecule has 120 valence electrons. The first-order valence-corrected chi connectivity index (χ1v) is 8.55. The molecule has 0 radical (unpaired) electrons. The van der Waals surface area contributed by atoms with Gasteiger partial charge in [0.05, 0.1) is 0 Å². The van der Waals surface area contributed by atoms with Gasteiger partial charge in [0.1, 0.15) is 0 Å². The van der Waals surface area contributed by atoms with Crippen LogP contribution < -0.4 is 10.6 Å². The third-order valence-electron chi connectivity index (χ3n) is 5.42. The van der Waals surface area contributed by atoms with E-state index in [0.29, 0.717) is 12.0 Å². The number of benzene rings is 1. The van der Waals surface area contributed by atoms with E-state index >= 15 is 0 Å². The van der Waals surface area contributed by atoms with Gasteiger partial charge in [0.2, 0.25) is 5.91 Å². The summed E-state index contributed by atoms with van der Waals surface area (Å²) in [6.45, 7) is 7.05. The minimum atomic E-state index is -0.114. The van der Waals surface area contributed by atoms with Crippen molar-refractivity contribution in [3.05, 3.63) is 34.9 Å². The van der Waals surface area contributed by atoms with E-state index in [1.165, 1.54) is 0 Å². The fourth-order valence-electron chi connectivity index (χ4n) is 3.64. The predicted molar refractivity (Wildman–Crippen MR) is 90.1 cm³/mol. The van der Waals surface area contributed by atoms with Gasteiger partial charge in [-0.2, -0.15) is 0 Å². The van der Waals surface area contributed by atoms with Crippen LogP contribution >= 0.6 is 11.6 Å². The Bertz CT molecular complexity index is 564. The Morgan fingerprint density at radius 3 is 2.82 bits per heavy atom. The summed E-state index contributed by atoms with van der Waals surface area (Å²) in [5.41, 5.74) is 1.35. The van der Waals surface area contributed by atoms with E-state index in [1.807, 2.05) is 18.2 Å². The molecule has 3 nitrogen and oxygen atoms in total. The van der Waals surface area contributed by atoms with Crippen molar-refractivity contribution in [2.45, 2.75) is 38.5 Å². The van der Waals surface area contributed by atoms with Crippen LogP contribution in [0.15, 0.2) is 24.3 Å². The van der Waals surface area contributed by atoms with Gasteiger partial charge in [-0.1, -0.05) is 37.6 Å². The Hall–Kier alpha value is -1.06. The monoisotopic (exact) mass is 320 g/mol. The average Bonchev–Trinajstić information content (AvgIpc) is 3.19. The Morgan fingerprint density at radius 2 is 2.14 bits per heavy atom. The summed E-state index contributed by atoms with van der Waals surface area (Å²) in [6, 6.07) is 7.90. The van der Waals surface area contributed by atoms with E-state index in [-0.39, 0.29) is 17.2 Å². The number of hydrogen-bond acceptors (Lipinski definition) is 2. The zero-order valence-electron chi connectivity index (χ0n) is 13.4. The SMILES string of the molecule is CC(C)(CNC(=O)C1CC12CCNCC2)c1cccc(Cl)c1. The fraction of sp³-hybridized carbons (Fsp3) is 0.611. The molecular formula is C18H25ClN2O. The third-order valence-corrected chi connectivity index (χ3v) is 5.65. The molecule has 1 heterocycles. The minimum Gasteiger partial charge on any atom is -0.355 e. The number of rotatable bonds is 4. The van der Waals surface area contributed by atoms with Crippen LogP contribution in [0.4, 0.5) is 0 Å². The molecule has 1 saturated heterocycles. The van der Waals surface area contributed by atoms with Crippen LogP contribution in [-0.4, -0.2) is 25.5 Å². The van der Waals surface area contributed by atoms with Crippen LogP contribution in [0.2, 0.25) is 5.02 Å². The summed E-state index contributed by atoms with van der Waals surface area (Å²) >= 11 is 6.08. The summed E-state index contributed by atoms with van der Waals surface area (Å²) < 4.78 is 0. The fourth-order valence-corrected chi connectivity index (χ4v) is 3.83. The highest BCUT2D eigenvalue weighted by Gasteiger charge is 2.57. The lowest BCUT2D eigenvalue weighted by Gasteiger charge is -2.27. The van der Waals surface area contributed by atoms with Crippen molar-refractivity contribution < 1.29 is 4.79 Å². The standard InChI is InChI=1S/C18H25ClN2O/c1-17(2,13-4-3-5-14(19)10-13)12-21-16(22)15-11-18(15)6-8-20-9-7-18/h3-5,10,15,20H,6-9,11-12H2,1-2H3,(H,21,22). The molecule has 1 aromatic carbocycles. The lowest BCUT2D eigenvalue weighted by Crippen LogP contribution is -2.39. The van der Waals surface area contributed by atoms with Crippen LogP contribution in [0, 0.1) is 11.3 Å². The lowest BCUT2D eigenvalue weighted by molar-refractivity contribution is -0.123. The maximum Gasteiger partial charge on any atom is 0.223 e. The number of carbonyl (C=O) groups excluding carboxylic acids is 1. The van der Waals surface area contributed by atoms with Gasteiger partial charge >= 0.3 is 0 Å². The first kappa shape index (κ1) is 15.8. The van der Waals surface area contributed by atoms with Crippen molar-refractivity contribution in [1.82, 2.24) is 10.6 Å². The summed E-state index contributed by atoms with van der Waals surface area (Å²) in [7, 11) is 0. The van der Waals surface area contributed by atoms with Crippen molar-refractivity contribution in [2.75, 3.05) is 19.6 Å². The zero-order valence-corrected chi connectivity index (χ0v) is 14.2. The molecule has 1 unspecified atom stereocenters. The van der Waals surface area contributed by atoms with Crippen LogP contribution in [0.1, 0.15) is 38.7 Å². The zero-order chi connectivity index (χ0) is 15.8. The highest BCUT2D eigenvalue weighted by molar-refractivity contribution is 6.30. The van der Waals surface area contributed by atoms with Gasteiger partial charge in [-0.3, -0.25) is 4.79 Å².